The van der Waals surface area contributed by atoms with Gasteiger partial charge in [-0.15, -0.1) is 0 Å². The number of carbonyl (C=O) groups is 2. The van der Waals surface area contributed by atoms with E-state index in [1.54, 1.807) is 37.3 Å². The quantitative estimate of drug-likeness (QED) is 0.365. The monoisotopic (exact) mass is 506 g/mol. The number of amides is 2. The lowest BCUT2D eigenvalue weighted by atomic mass is 9.94. The summed E-state index contributed by atoms with van der Waals surface area (Å²) in [5, 5.41) is 15.9. The lowest BCUT2D eigenvalue weighted by Crippen LogP contribution is -2.39. The Kier molecular flexibility index (Phi) is 6.90. The number of anilines is 1. The van der Waals surface area contributed by atoms with Crippen LogP contribution in [0.2, 0.25) is 0 Å². The molecule has 5 rings (SSSR count). The van der Waals surface area contributed by atoms with Gasteiger partial charge in [0.15, 0.2) is 0 Å². The molecule has 9 heteroatoms. The van der Waals surface area contributed by atoms with Crippen LogP contribution in [0.1, 0.15) is 40.2 Å². The number of fused-ring (bicyclic) bond motifs is 1. The van der Waals surface area contributed by atoms with Crippen LogP contribution in [-0.4, -0.2) is 59.1 Å². The molecule has 0 aliphatic carbocycles. The first-order chi connectivity index (χ1) is 17.8. The number of aromatic amines is 1. The zero-order valence-corrected chi connectivity index (χ0v) is 20.4. The Morgan fingerprint density at radius 3 is 2.62 bits per heavy atom. The maximum Gasteiger partial charge on any atom is 0.256 e. The molecular weight excluding hydrogens is 478 g/mol. The summed E-state index contributed by atoms with van der Waals surface area (Å²) >= 11 is 0. The van der Waals surface area contributed by atoms with Crippen LogP contribution in [0, 0.1) is 18.6 Å². The van der Waals surface area contributed by atoms with E-state index in [1.807, 2.05) is 0 Å². The second-order valence-electron chi connectivity index (χ2n) is 9.55. The highest BCUT2D eigenvalue weighted by molar-refractivity contribution is 6.36. The molecule has 2 amide bonds. The predicted molar refractivity (Wildman–Crippen MR) is 138 cm³/mol. The summed E-state index contributed by atoms with van der Waals surface area (Å²) < 4.78 is 27.9. The molecule has 1 unspecified atom stereocenters. The molecule has 2 aromatic carbocycles. The molecule has 2 aliphatic heterocycles. The molecule has 1 atom stereocenters. The second-order valence-corrected chi connectivity index (χ2v) is 9.55. The Bertz CT molecular complexity index is 1370. The number of aliphatic hydroxyl groups is 1. The summed E-state index contributed by atoms with van der Waals surface area (Å²) in [6.45, 7) is 4.31. The maximum absolute atomic E-state index is 14.0. The maximum atomic E-state index is 14.0. The smallest absolute Gasteiger partial charge is 0.256 e. The van der Waals surface area contributed by atoms with Crippen molar-refractivity contribution in [2.75, 3.05) is 31.5 Å². The normalized spacial score (nSPS) is 17.2. The largest absolute Gasteiger partial charge is 0.390 e. The molecule has 1 fully saturated rings. The number of nitrogens with zero attached hydrogens (tertiary/aromatic N) is 1. The number of H-pyrrole nitrogens is 1. The number of carbonyl (C=O) groups excluding carboxylic acids is 2. The van der Waals surface area contributed by atoms with Gasteiger partial charge in [0.25, 0.3) is 11.8 Å². The van der Waals surface area contributed by atoms with Crippen molar-refractivity contribution < 1.29 is 23.5 Å². The third kappa shape index (κ3) is 5.33. The topological polar surface area (TPSA) is 97.5 Å². The van der Waals surface area contributed by atoms with Crippen molar-refractivity contribution in [1.82, 2.24) is 15.2 Å². The molecule has 0 spiro atoms. The highest BCUT2D eigenvalue weighted by Gasteiger charge is 2.29. The number of aryl methyl sites for hydroxylation is 1. The summed E-state index contributed by atoms with van der Waals surface area (Å²) in [7, 11) is 0. The van der Waals surface area contributed by atoms with E-state index in [0.717, 1.165) is 32.0 Å². The molecule has 0 bridgehead atoms. The molecular formula is C28H28F2N4O3. The summed E-state index contributed by atoms with van der Waals surface area (Å²) in [5.74, 6) is -2.21. The first-order valence-electron chi connectivity index (χ1n) is 12.3. The van der Waals surface area contributed by atoms with Gasteiger partial charge >= 0.3 is 0 Å². The number of benzene rings is 2. The summed E-state index contributed by atoms with van der Waals surface area (Å²) in [5.41, 5.74) is 3.52. The van der Waals surface area contributed by atoms with Crippen LogP contribution < -0.4 is 10.6 Å². The lowest BCUT2D eigenvalue weighted by Gasteiger charge is -2.19. The van der Waals surface area contributed by atoms with Crippen LogP contribution in [0.5, 0.6) is 0 Å². The van der Waals surface area contributed by atoms with Gasteiger partial charge in [-0.3, -0.25) is 9.59 Å². The highest BCUT2D eigenvalue weighted by atomic mass is 19.1. The van der Waals surface area contributed by atoms with Gasteiger partial charge < -0.3 is 25.6 Å². The highest BCUT2D eigenvalue weighted by Crippen LogP contribution is 2.41. The van der Waals surface area contributed by atoms with Gasteiger partial charge in [-0.2, -0.15) is 0 Å². The third-order valence-corrected chi connectivity index (χ3v) is 6.68. The van der Waals surface area contributed by atoms with Crippen LogP contribution in [-0.2, 0) is 4.79 Å². The van der Waals surface area contributed by atoms with Crippen LogP contribution in [0.4, 0.5) is 14.5 Å². The van der Waals surface area contributed by atoms with Gasteiger partial charge in [-0.05, 0) is 74.3 Å². The molecule has 2 aliphatic rings. The number of aromatic nitrogens is 1. The number of likely N-dealkylation sites (tertiary alicyclic amines) is 1. The van der Waals surface area contributed by atoms with Gasteiger partial charge in [0.2, 0.25) is 0 Å². The Balaban J connectivity index is 1.43. The Morgan fingerprint density at radius 1 is 1.16 bits per heavy atom. The SMILES string of the molecule is Cc1cc(C(=O)NCC(O)CN2CCCC2)c(C=C2C(=O)Nc3cccc(-c4cc(F)cc(F)c4)c32)[nH]1. The van der Waals surface area contributed by atoms with Gasteiger partial charge in [0, 0.05) is 36.1 Å². The van der Waals surface area contributed by atoms with Crippen LogP contribution in [0.25, 0.3) is 22.8 Å². The van der Waals surface area contributed by atoms with E-state index in [2.05, 4.69) is 20.5 Å². The second kappa shape index (κ2) is 10.3. The van der Waals surface area contributed by atoms with Gasteiger partial charge in [-0.1, -0.05) is 12.1 Å². The average molecular weight is 507 g/mol. The minimum absolute atomic E-state index is 0.105. The van der Waals surface area contributed by atoms with Crippen molar-refractivity contribution in [3.8, 4) is 11.1 Å². The van der Waals surface area contributed by atoms with Crippen LogP contribution in [0.3, 0.4) is 0 Å². The first-order valence-corrected chi connectivity index (χ1v) is 12.3. The summed E-state index contributed by atoms with van der Waals surface area (Å²) in [6, 6.07) is 10.00. The Hall–Kier alpha value is -3.82. The van der Waals surface area contributed by atoms with E-state index in [-0.39, 0.29) is 23.9 Å². The molecule has 0 saturated carbocycles. The number of aliphatic hydroxyl groups excluding tert-OH is 1. The predicted octanol–water partition coefficient (Wildman–Crippen LogP) is 3.95. The number of nitrogens with one attached hydrogen (secondary N) is 3. The van der Waals surface area contributed by atoms with E-state index in [4.69, 9.17) is 0 Å². The summed E-state index contributed by atoms with van der Waals surface area (Å²) in [6.07, 6.45) is 3.12. The molecule has 7 nitrogen and oxygen atoms in total. The van der Waals surface area contributed by atoms with Gasteiger partial charge in [-0.25, -0.2) is 8.78 Å². The number of hydrogen-bond donors (Lipinski definition) is 4. The van der Waals surface area contributed by atoms with Crippen molar-refractivity contribution in [3.63, 3.8) is 0 Å². The summed E-state index contributed by atoms with van der Waals surface area (Å²) in [4.78, 5) is 31.2. The average Bonchev–Trinajstić information content (AvgIpc) is 3.56. The molecule has 37 heavy (non-hydrogen) atoms. The number of hydrogen-bond acceptors (Lipinski definition) is 4. The van der Waals surface area contributed by atoms with Crippen LogP contribution >= 0.6 is 0 Å². The minimum Gasteiger partial charge on any atom is -0.390 e. The fraction of sp³-hybridized carbons (Fsp3) is 0.286. The van der Waals surface area contributed by atoms with E-state index < -0.39 is 17.7 Å². The van der Waals surface area contributed by atoms with Crippen molar-refractivity contribution in [1.29, 1.82) is 0 Å². The van der Waals surface area contributed by atoms with E-state index in [9.17, 15) is 23.5 Å². The Morgan fingerprint density at radius 2 is 1.89 bits per heavy atom. The van der Waals surface area contributed by atoms with Gasteiger partial charge in [0.05, 0.1) is 22.9 Å². The van der Waals surface area contributed by atoms with Crippen molar-refractivity contribution in [3.05, 3.63) is 76.6 Å². The first kappa shape index (κ1) is 24.9. The van der Waals surface area contributed by atoms with E-state index >= 15 is 0 Å². The molecule has 3 aromatic rings. The van der Waals surface area contributed by atoms with Crippen LogP contribution in [0.15, 0.2) is 42.5 Å². The molecule has 4 N–H and O–H groups in total. The molecule has 3 heterocycles. The molecule has 1 saturated heterocycles. The molecule has 192 valence electrons. The third-order valence-electron chi connectivity index (χ3n) is 6.68. The van der Waals surface area contributed by atoms with Crippen molar-refractivity contribution >= 4 is 29.2 Å². The lowest BCUT2D eigenvalue weighted by molar-refractivity contribution is -0.110. The Labute approximate surface area is 213 Å². The molecule has 1 aromatic heterocycles. The fourth-order valence-electron chi connectivity index (χ4n) is 5.03. The van der Waals surface area contributed by atoms with Crippen molar-refractivity contribution in [2.45, 2.75) is 25.9 Å². The van der Waals surface area contributed by atoms with Crippen molar-refractivity contribution in [2.24, 2.45) is 0 Å². The van der Waals surface area contributed by atoms with E-state index in [0.29, 0.717) is 45.9 Å². The number of rotatable bonds is 7. The minimum atomic E-state index is -0.721. The van der Waals surface area contributed by atoms with Gasteiger partial charge in [0.1, 0.15) is 11.6 Å². The standard InChI is InChI=1S/C28H28F2N4O3/c1-16-9-22(27(36)31-14-20(35)15-34-7-2-3-8-34)25(32-16)13-23-26-21(5-4-6-24(26)33-28(23)37)17-10-18(29)12-19(30)11-17/h4-6,9-13,20,32,35H,2-3,7-8,14-15H2,1H3,(H,31,36)(H,33,37). The zero-order chi connectivity index (χ0) is 26.1. The van der Waals surface area contributed by atoms with E-state index in [1.165, 1.54) is 12.1 Å². The molecule has 0 radical (unpaired) electrons. The number of β-amino-alcohol motifs (C(OH)–C–C–N with tert-alkyl or cyclic N) is 1. The zero-order valence-electron chi connectivity index (χ0n) is 20.4. The number of halogens is 2. The fourth-order valence-corrected chi connectivity index (χ4v) is 5.03.